The van der Waals surface area contributed by atoms with E-state index < -0.39 is 0 Å². The predicted octanol–water partition coefficient (Wildman–Crippen LogP) is 15.1. The summed E-state index contributed by atoms with van der Waals surface area (Å²) >= 11 is 1.87. The molecule has 2 heterocycles. The Morgan fingerprint density at radius 2 is 0.746 bits per heavy atom. The van der Waals surface area contributed by atoms with Crippen molar-refractivity contribution in [1.82, 2.24) is 15.0 Å². The highest BCUT2D eigenvalue weighted by Crippen LogP contribution is 2.41. The lowest BCUT2D eigenvalue weighted by Crippen LogP contribution is -2.01. The molecule has 0 atom stereocenters. The molecule has 0 fully saturated rings. The van der Waals surface area contributed by atoms with Crippen molar-refractivity contribution < 1.29 is 0 Å². The van der Waals surface area contributed by atoms with E-state index in [2.05, 4.69) is 194 Å². The smallest absolute Gasteiger partial charge is 0.164 e. The zero-order valence-corrected chi connectivity index (χ0v) is 32.8. The van der Waals surface area contributed by atoms with Crippen molar-refractivity contribution in [2.75, 3.05) is 0 Å². The van der Waals surface area contributed by atoms with E-state index in [4.69, 9.17) is 15.0 Å². The minimum Gasteiger partial charge on any atom is -0.208 e. The molecule has 0 spiro atoms. The quantitative estimate of drug-likeness (QED) is 0.162. The first-order chi connectivity index (χ1) is 29.2. The van der Waals surface area contributed by atoms with E-state index in [0.717, 1.165) is 44.5 Å². The maximum atomic E-state index is 5.15. The molecule has 0 radical (unpaired) electrons. The molecule has 0 saturated heterocycles. The van der Waals surface area contributed by atoms with Crippen LogP contribution in [0.25, 0.3) is 110 Å². The minimum atomic E-state index is 0.630. The highest BCUT2D eigenvalue weighted by Gasteiger charge is 2.17. The first-order valence-corrected chi connectivity index (χ1v) is 20.7. The van der Waals surface area contributed by atoms with E-state index in [1.165, 1.54) is 47.6 Å². The molecule has 2 aromatic heterocycles. The van der Waals surface area contributed by atoms with Gasteiger partial charge in [0.1, 0.15) is 0 Å². The van der Waals surface area contributed by atoms with E-state index in [1.807, 2.05) is 29.5 Å². The lowest BCUT2D eigenvalue weighted by atomic mass is 9.96. The fourth-order valence-corrected chi connectivity index (χ4v) is 9.36. The SMILES string of the molecule is c1ccc(-c2ccc(-c3nc(-c4ccc(-c5ccc6ccc(-c7cccc8c7sc7ccccc78)cc6c5)cc4)nc(-c4ccccc4-c4ccccc4)n3)cc2)cc1. The number of aromatic nitrogens is 3. The maximum Gasteiger partial charge on any atom is 0.164 e. The van der Waals surface area contributed by atoms with Crippen molar-refractivity contribution in [2.45, 2.75) is 0 Å². The van der Waals surface area contributed by atoms with Gasteiger partial charge in [0.15, 0.2) is 17.5 Å². The Kier molecular flexibility index (Phi) is 8.68. The number of fused-ring (bicyclic) bond motifs is 4. The molecule has 276 valence electrons. The largest absolute Gasteiger partial charge is 0.208 e. The Hall–Kier alpha value is -7.53. The topological polar surface area (TPSA) is 38.7 Å². The summed E-state index contributed by atoms with van der Waals surface area (Å²) in [6.07, 6.45) is 0. The second-order valence-electron chi connectivity index (χ2n) is 14.8. The highest BCUT2D eigenvalue weighted by atomic mass is 32.1. The summed E-state index contributed by atoms with van der Waals surface area (Å²) in [6.45, 7) is 0. The van der Waals surface area contributed by atoms with Gasteiger partial charge in [0.2, 0.25) is 0 Å². The summed E-state index contributed by atoms with van der Waals surface area (Å²) in [6, 6.07) is 75.2. The molecule has 3 nitrogen and oxygen atoms in total. The monoisotopic (exact) mass is 769 g/mol. The van der Waals surface area contributed by atoms with Crippen molar-refractivity contribution >= 4 is 42.3 Å². The molecule has 0 unspecified atom stereocenters. The van der Waals surface area contributed by atoms with Crippen LogP contribution >= 0.6 is 11.3 Å². The van der Waals surface area contributed by atoms with Gasteiger partial charge in [0.25, 0.3) is 0 Å². The van der Waals surface area contributed by atoms with E-state index in [1.54, 1.807) is 0 Å². The van der Waals surface area contributed by atoms with Crippen LogP contribution in [0.3, 0.4) is 0 Å². The molecule has 0 bridgehead atoms. The van der Waals surface area contributed by atoms with Gasteiger partial charge in [-0.3, -0.25) is 0 Å². The molecular weight excluding hydrogens is 735 g/mol. The van der Waals surface area contributed by atoms with Crippen LogP contribution in [-0.2, 0) is 0 Å². The Morgan fingerprint density at radius 1 is 0.271 bits per heavy atom. The second kappa shape index (κ2) is 14.8. The van der Waals surface area contributed by atoms with Crippen LogP contribution in [0.5, 0.6) is 0 Å². The molecule has 9 aromatic carbocycles. The van der Waals surface area contributed by atoms with Crippen molar-refractivity contribution in [3.05, 3.63) is 212 Å². The standard InChI is InChI=1S/C55H35N3S/c1-3-12-36(13-4-1)37-22-28-41(29-23-37)53-56-54(58-55(57-53)50-18-8-7-16-46(50)40-14-5-2-6-15-40)42-30-24-38(25-31-42)43-32-26-39-27-33-44(35-45(39)34-43)47-19-11-20-49-48-17-9-10-21-51(48)59-52(47)49/h1-35H. The molecule has 0 amide bonds. The summed E-state index contributed by atoms with van der Waals surface area (Å²) in [5, 5.41) is 5.07. The van der Waals surface area contributed by atoms with E-state index >= 15 is 0 Å². The third kappa shape index (κ3) is 6.56. The normalized spacial score (nSPS) is 11.4. The van der Waals surface area contributed by atoms with Gasteiger partial charge < -0.3 is 0 Å². The maximum absolute atomic E-state index is 5.15. The molecule has 0 aliphatic carbocycles. The Bertz CT molecular complexity index is 3300. The summed E-state index contributed by atoms with van der Waals surface area (Å²) in [4.78, 5) is 15.4. The van der Waals surface area contributed by atoms with Gasteiger partial charge in [-0.2, -0.15) is 0 Å². The van der Waals surface area contributed by atoms with Gasteiger partial charge in [-0.25, -0.2) is 15.0 Å². The van der Waals surface area contributed by atoms with Crippen LogP contribution in [0.4, 0.5) is 0 Å². The molecule has 59 heavy (non-hydrogen) atoms. The zero-order valence-electron chi connectivity index (χ0n) is 32.0. The van der Waals surface area contributed by atoms with Gasteiger partial charge in [0.05, 0.1) is 0 Å². The number of benzene rings is 9. The predicted molar refractivity (Wildman–Crippen MR) is 248 cm³/mol. The third-order valence-electron chi connectivity index (χ3n) is 11.2. The van der Waals surface area contributed by atoms with Crippen LogP contribution in [0.15, 0.2) is 212 Å². The Balaban J connectivity index is 0.969. The summed E-state index contributed by atoms with van der Waals surface area (Å²) in [7, 11) is 0. The average Bonchev–Trinajstić information content (AvgIpc) is 3.71. The number of hydrogen-bond donors (Lipinski definition) is 0. The first-order valence-electron chi connectivity index (χ1n) is 19.8. The molecule has 11 rings (SSSR count). The van der Waals surface area contributed by atoms with Crippen molar-refractivity contribution in [3.63, 3.8) is 0 Å². The van der Waals surface area contributed by atoms with Gasteiger partial charge >= 0.3 is 0 Å². The molecule has 0 aliphatic heterocycles. The average molecular weight is 770 g/mol. The van der Waals surface area contributed by atoms with Crippen molar-refractivity contribution in [1.29, 1.82) is 0 Å². The summed E-state index contributed by atoms with van der Waals surface area (Å²) in [5.74, 6) is 1.90. The van der Waals surface area contributed by atoms with Crippen molar-refractivity contribution in [3.8, 4) is 78.7 Å². The third-order valence-corrected chi connectivity index (χ3v) is 12.4. The zero-order chi connectivity index (χ0) is 39.1. The van der Waals surface area contributed by atoms with Gasteiger partial charge in [0, 0.05) is 36.9 Å². The molecule has 0 aliphatic rings. The number of hydrogen-bond acceptors (Lipinski definition) is 4. The first kappa shape index (κ1) is 34.7. The number of rotatable bonds is 7. The van der Waals surface area contributed by atoms with Gasteiger partial charge in [-0.15, -0.1) is 11.3 Å². The van der Waals surface area contributed by atoms with Crippen molar-refractivity contribution in [2.24, 2.45) is 0 Å². The molecule has 11 aromatic rings. The molecular formula is C55H35N3S. The molecule has 0 saturated carbocycles. The van der Waals surface area contributed by atoms with Crippen LogP contribution in [0, 0.1) is 0 Å². The number of thiophene rings is 1. The lowest BCUT2D eigenvalue weighted by molar-refractivity contribution is 1.07. The number of nitrogens with zero attached hydrogens (tertiary/aromatic N) is 3. The van der Waals surface area contributed by atoms with Crippen LogP contribution in [0.1, 0.15) is 0 Å². The molecule has 0 N–H and O–H groups in total. The Labute approximate surface area is 346 Å². The highest BCUT2D eigenvalue weighted by molar-refractivity contribution is 7.26. The fourth-order valence-electron chi connectivity index (χ4n) is 8.12. The van der Waals surface area contributed by atoms with Gasteiger partial charge in [-0.1, -0.05) is 194 Å². The minimum absolute atomic E-state index is 0.630. The van der Waals surface area contributed by atoms with E-state index in [-0.39, 0.29) is 0 Å². The summed E-state index contributed by atoms with van der Waals surface area (Å²) in [5.41, 5.74) is 12.1. The summed E-state index contributed by atoms with van der Waals surface area (Å²) < 4.78 is 2.65. The van der Waals surface area contributed by atoms with Gasteiger partial charge in [-0.05, 0) is 73.5 Å². The van der Waals surface area contributed by atoms with E-state index in [0.29, 0.717) is 17.5 Å². The van der Waals surface area contributed by atoms with Crippen LogP contribution in [0.2, 0.25) is 0 Å². The van der Waals surface area contributed by atoms with Crippen LogP contribution in [-0.4, -0.2) is 15.0 Å². The van der Waals surface area contributed by atoms with Crippen LogP contribution < -0.4 is 0 Å². The lowest BCUT2D eigenvalue weighted by Gasteiger charge is -2.12. The Morgan fingerprint density at radius 3 is 1.46 bits per heavy atom. The fraction of sp³-hybridized carbons (Fsp3) is 0. The second-order valence-corrected chi connectivity index (χ2v) is 15.8. The molecule has 4 heteroatoms. The van der Waals surface area contributed by atoms with E-state index in [9.17, 15) is 0 Å².